The Morgan fingerprint density at radius 2 is 0.714 bits per heavy atom. The summed E-state index contributed by atoms with van der Waals surface area (Å²) >= 11 is 0. The van der Waals surface area contributed by atoms with Gasteiger partial charge in [0.1, 0.15) is 35.5 Å². The zero-order valence-electron chi connectivity index (χ0n) is 31.5. The van der Waals surface area contributed by atoms with Gasteiger partial charge in [0.15, 0.2) is 11.5 Å². The summed E-state index contributed by atoms with van der Waals surface area (Å²) in [5.41, 5.74) is 22.7. The minimum atomic E-state index is -0.170. The number of benzene rings is 4. The molecule has 9 nitrogen and oxygen atoms in total. The average Bonchev–Trinajstić information content (AvgIpc) is 3.16. The summed E-state index contributed by atoms with van der Waals surface area (Å²) in [5, 5.41) is 31.1. The fourth-order valence-electron chi connectivity index (χ4n) is 13.1. The molecule has 8 aliphatic rings. The summed E-state index contributed by atoms with van der Waals surface area (Å²) in [5.74, 6) is 6.15. The highest BCUT2D eigenvalue weighted by Crippen LogP contribution is 2.68. The molecule has 0 spiro atoms. The molecule has 0 saturated heterocycles. The summed E-state index contributed by atoms with van der Waals surface area (Å²) in [6.45, 7) is 0. The van der Waals surface area contributed by atoms with Gasteiger partial charge in [-0.15, -0.1) is 0 Å². The Hall–Kier alpha value is -5.85. The van der Waals surface area contributed by atoms with Gasteiger partial charge in [-0.3, -0.25) is 0 Å². The van der Waals surface area contributed by atoms with Gasteiger partial charge >= 0.3 is 0 Å². The molecule has 0 aliphatic heterocycles. The summed E-state index contributed by atoms with van der Waals surface area (Å²) < 4.78 is 21.4. The van der Waals surface area contributed by atoms with Crippen molar-refractivity contribution in [3.8, 4) is 52.7 Å². The molecule has 6 N–H and O–H groups in total. The van der Waals surface area contributed by atoms with Crippen molar-refractivity contribution < 1.29 is 14.2 Å². The SMILES string of the molecule is N#Cc1cc(N)ccc1Oc1c(C23CC4CC(CC(C4)C2)C3)cc(C23CC4CC(CC(C4)C2)C3)c(Oc2ccc(N)cc2C#N)c1Oc1ccc(N)cc1C#N. The first-order valence-electron chi connectivity index (χ1n) is 20.3. The molecule has 8 fully saturated rings. The summed E-state index contributed by atoms with van der Waals surface area (Å²) in [4.78, 5) is 0. The van der Waals surface area contributed by atoms with Gasteiger partial charge in [-0.25, -0.2) is 0 Å². The minimum Gasteiger partial charge on any atom is -0.452 e. The lowest BCUT2D eigenvalue weighted by Gasteiger charge is -2.59. The van der Waals surface area contributed by atoms with Crippen LogP contribution in [-0.4, -0.2) is 0 Å². The molecule has 0 heterocycles. The van der Waals surface area contributed by atoms with E-state index in [0.29, 0.717) is 98.2 Å². The third-order valence-corrected chi connectivity index (χ3v) is 14.4. The van der Waals surface area contributed by atoms with E-state index in [4.69, 9.17) is 31.4 Å². The van der Waals surface area contributed by atoms with E-state index >= 15 is 0 Å². The van der Waals surface area contributed by atoms with Gasteiger partial charge < -0.3 is 31.4 Å². The quantitative estimate of drug-likeness (QED) is 0.148. The van der Waals surface area contributed by atoms with Crippen molar-refractivity contribution >= 4 is 17.1 Å². The van der Waals surface area contributed by atoms with Gasteiger partial charge in [-0.1, -0.05) is 0 Å². The fourth-order valence-corrected chi connectivity index (χ4v) is 13.1. The number of nitrogens with zero attached hydrogens (tertiary/aromatic N) is 3. The Kier molecular flexibility index (Phi) is 7.95. The van der Waals surface area contributed by atoms with Crippen molar-refractivity contribution in [3.63, 3.8) is 0 Å². The zero-order chi connectivity index (χ0) is 38.3. The van der Waals surface area contributed by atoms with Crippen LogP contribution in [0.3, 0.4) is 0 Å². The third-order valence-electron chi connectivity index (χ3n) is 14.4. The maximum Gasteiger partial charge on any atom is 0.213 e. The lowest BCUT2D eigenvalue weighted by atomic mass is 9.46. The highest BCUT2D eigenvalue weighted by molar-refractivity contribution is 5.69. The Balaban J connectivity index is 1.29. The van der Waals surface area contributed by atoms with E-state index in [9.17, 15) is 15.8 Å². The van der Waals surface area contributed by atoms with Gasteiger partial charge in [0, 0.05) is 28.2 Å². The van der Waals surface area contributed by atoms with Crippen LogP contribution in [-0.2, 0) is 10.8 Å². The predicted octanol–water partition coefficient (Wildman–Crippen LogP) is 10.4. The molecule has 56 heavy (non-hydrogen) atoms. The Morgan fingerprint density at radius 1 is 0.429 bits per heavy atom. The van der Waals surface area contributed by atoms with Crippen LogP contribution in [0.2, 0.25) is 0 Å². The third kappa shape index (κ3) is 5.69. The van der Waals surface area contributed by atoms with E-state index < -0.39 is 0 Å². The van der Waals surface area contributed by atoms with E-state index in [1.54, 1.807) is 54.6 Å². The number of anilines is 3. The topological polar surface area (TPSA) is 177 Å². The largest absolute Gasteiger partial charge is 0.452 e. The summed E-state index contributed by atoms with van der Waals surface area (Å²) in [6.07, 6.45) is 14.0. The molecule has 0 unspecified atom stereocenters. The molecular formula is C47H46N6O3. The first kappa shape index (κ1) is 34.6. The van der Waals surface area contributed by atoms with Crippen molar-refractivity contribution in [3.05, 3.63) is 88.5 Å². The second-order valence-corrected chi connectivity index (χ2v) is 18.3. The molecule has 0 aromatic heterocycles. The molecule has 0 radical (unpaired) electrons. The highest BCUT2D eigenvalue weighted by atomic mass is 16.5. The van der Waals surface area contributed by atoms with Crippen LogP contribution >= 0.6 is 0 Å². The number of nitrogen functional groups attached to an aromatic ring is 3. The van der Waals surface area contributed by atoms with Gasteiger partial charge in [-0.05, 0) is 184 Å². The van der Waals surface area contributed by atoms with Crippen LogP contribution in [0.4, 0.5) is 17.1 Å². The number of ether oxygens (including phenoxy) is 3. The maximum atomic E-state index is 10.4. The maximum absolute atomic E-state index is 10.4. The lowest BCUT2D eigenvalue weighted by molar-refractivity contribution is -0.00959. The minimum absolute atomic E-state index is 0.170. The fraction of sp³-hybridized carbons (Fsp3) is 0.426. The molecule has 4 aromatic rings. The normalized spacial score (nSPS) is 30.3. The summed E-state index contributed by atoms with van der Waals surface area (Å²) in [7, 11) is 0. The monoisotopic (exact) mass is 742 g/mol. The van der Waals surface area contributed by atoms with Crippen molar-refractivity contribution in [2.24, 2.45) is 35.5 Å². The van der Waals surface area contributed by atoms with Crippen molar-refractivity contribution in [2.75, 3.05) is 17.2 Å². The molecule has 4 aromatic carbocycles. The van der Waals surface area contributed by atoms with Crippen LogP contribution in [0, 0.1) is 69.5 Å². The second kappa shape index (κ2) is 12.9. The first-order valence-corrected chi connectivity index (χ1v) is 20.3. The smallest absolute Gasteiger partial charge is 0.213 e. The number of nitrogens with two attached hydrogens (primary N) is 3. The molecule has 12 rings (SSSR count). The molecule has 8 saturated carbocycles. The predicted molar refractivity (Wildman–Crippen MR) is 213 cm³/mol. The van der Waals surface area contributed by atoms with E-state index in [1.807, 2.05) is 0 Å². The van der Waals surface area contributed by atoms with Gasteiger partial charge in [0.25, 0.3) is 0 Å². The molecule has 8 bridgehead atoms. The number of nitriles is 3. The number of rotatable bonds is 8. The van der Waals surface area contributed by atoms with Crippen LogP contribution in [0.15, 0.2) is 60.7 Å². The van der Waals surface area contributed by atoms with Crippen molar-refractivity contribution in [2.45, 2.75) is 87.9 Å². The van der Waals surface area contributed by atoms with Crippen LogP contribution in [0.5, 0.6) is 34.5 Å². The van der Waals surface area contributed by atoms with Crippen molar-refractivity contribution in [1.82, 2.24) is 0 Å². The van der Waals surface area contributed by atoms with Gasteiger partial charge in [0.05, 0.1) is 16.7 Å². The summed E-state index contributed by atoms with van der Waals surface area (Å²) in [6, 6.07) is 24.6. The lowest BCUT2D eigenvalue weighted by Crippen LogP contribution is -2.50. The number of hydrogen-bond acceptors (Lipinski definition) is 9. The molecule has 0 atom stereocenters. The molecular weight excluding hydrogens is 697 g/mol. The highest BCUT2D eigenvalue weighted by Gasteiger charge is 2.56. The van der Waals surface area contributed by atoms with Crippen LogP contribution < -0.4 is 31.4 Å². The van der Waals surface area contributed by atoms with Crippen LogP contribution in [0.1, 0.15) is 105 Å². The molecule has 8 aliphatic carbocycles. The average molecular weight is 743 g/mol. The zero-order valence-corrected chi connectivity index (χ0v) is 31.5. The van der Waals surface area contributed by atoms with E-state index in [2.05, 4.69) is 24.3 Å². The number of hydrogen-bond donors (Lipinski definition) is 3. The van der Waals surface area contributed by atoms with Crippen molar-refractivity contribution in [1.29, 1.82) is 15.8 Å². The Bertz CT molecular complexity index is 2210. The standard InChI is InChI=1S/C47H46N6O3/c48-23-32-13-35(51)1-4-40(32)54-43-38(46-17-26-7-27(18-46)9-28(8-26)19-46)16-39(47-20-29-10-30(21-47)12-31(11-29)22-47)44(55-41-5-2-36(52)14-33(41)24-49)45(43)56-42-6-3-37(53)15-34(42)25-50/h1-6,13-16,26-31H,7-12,17-22,51-53H2. The Labute approximate surface area is 327 Å². The van der Waals surface area contributed by atoms with E-state index in [-0.39, 0.29) is 16.4 Å². The van der Waals surface area contributed by atoms with Crippen LogP contribution in [0.25, 0.3) is 0 Å². The first-order chi connectivity index (χ1) is 27.1. The van der Waals surface area contributed by atoms with Gasteiger partial charge in [-0.2, -0.15) is 15.8 Å². The molecule has 9 heteroatoms. The molecule has 0 amide bonds. The molecule has 282 valence electrons. The van der Waals surface area contributed by atoms with E-state index in [0.717, 1.165) is 49.7 Å². The second-order valence-electron chi connectivity index (χ2n) is 18.3. The Morgan fingerprint density at radius 3 is 1.00 bits per heavy atom. The van der Waals surface area contributed by atoms with E-state index in [1.165, 1.54) is 38.5 Å². The van der Waals surface area contributed by atoms with Gasteiger partial charge in [0.2, 0.25) is 5.75 Å².